The second-order valence-corrected chi connectivity index (χ2v) is 11.1. The molecule has 4 rings (SSSR count). The molecule has 0 atom stereocenters. The molecule has 8 nitrogen and oxygen atoms in total. The predicted molar refractivity (Wildman–Crippen MR) is 156 cm³/mol. The van der Waals surface area contributed by atoms with Gasteiger partial charge in [0.1, 0.15) is 12.4 Å². The first kappa shape index (κ1) is 26.6. The lowest BCUT2D eigenvalue weighted by Gasteiger charge is -2.11. The quantitative estimate of drug-likeness (QED) is 0.135. The number of nitro groups is 1. The smallest absolute Gasteiger partial charge is 0.279 e. The average molecular weight is 746 g/mol. The van der Waals surface area contributed by atoms with E-state index in [-0.39, 0.29) is 23.4 Å². The predicted octanol–water partition coefficient (Wildman–Crippen LogP) is 6.44. The van der Waals surface area contributed by atoms with Crippen LogP contribution >= 0.6 is 68.5 Å². The standard InChI is InChI=1S/C24H14ClI2N3O5S/c25-16-5-3-15(4-6-16)22(31)28-24-29-23(32)20(36-24)11-14-9-18(26)21(19(27)10-14)35-12-13-1-7-17(8-2-13)30(33)34/h1-11H,12H2,(H,28,29,31,32)/b20-11-. The van der Waals surface area contributed by atoms with Crippen molar-refractivity contribution in [3.63, 3.8) is 0 Å². The van der Waals surface area contributed by atoms with Crippen LogP contribution in [0.5, 0.6) is 5.75 Å². The molecular weight excluding hydrogens is 732 g/mol. The molecule has 0 bridgehead atoms. The van der Waals surface area contributed by atoms with Crippen molar-refractivity contribution >= 4 is 97.3 Å². The lowest BCUT2D eigenvalue weighted by Crippen LogP contribution is -2.20. The fourth-order valence-corrected chi connectivity index (χ4v) is 6.12. The van der Waals surface area contributed by atoms with E-state index in [1.807, 2.05) is 12.1 Å². The molecule has 1 aliphatic rings. The third-order valence-corrected chi connectivity index (χ3v) is 7.56. The molecular formula is C24H14ClI2N3O5S. The van der Waals surface area contributed by atoms with E-state index in [9.17, 15) is 19.7 Å². The van der Waals surface area contributed by atoms with Crippen molar-refractivity contribution in [3.8, 4) is 5.75 Å². The van der Waals surface area contributed by atoms with Crippen LogP contribution < -0.4 is 10.1 Å². The zero-order chi connectivity index (χ0) is 25.8. The average Bonchev–Trinajstić information content (AvgIpc) is 3.17. The van der Waals surface area contributed by atoms with Gasteiger partial charge in [0.25, 0.3) is 17.5 Å². The molecule has 1 heterocycles. The first-order chi connectivity index (χ1) is 17.2. The van der Waals surface area contributed by atoms with Gasteiger partial charge in [-0.15, -0.1) is 0 Å². The van der Waals surface area contributed by atoms with Crippen molar-refractivity contribution in [1.82, 2.24) is 5.32 Å². The fourth-order valence-electron chi connectivity index (χ4n) is 3.05. The number of amidine groups is 1. The molecule has 1 N–H and O–H groups in total. The van der Waals surface area contributed by atoms with Gasteiger partial charge in [-0.1, -0.05) is 11.6 Å². The molecule has 0 unspecified atom stereocenters. The minimum atomic E-state index is -0.477. The number of nitrogens with one attached hydrogen (secondary N) is 1. The van der Waals surface area contributed by atoms with Gasteiger partial charge in [0, 0.05) is 22.7 Å². The van der Waals surface area contributed by atoms with E-state index >= 15 is 0 Å². The van der Waals surface area contributed by atoms with E-state index in [1.54, 1.807) is 42.5 Å². The number of aliphatic imine (C=N–C) groups is 1. The SMILES string of the molecule is O=C1NC(=NC(=O)c2ccc(Cl)cc2)S/C1=C\c1cc(I)c(OCc2ccc([N+](=O)[O-])cc2)c(I)c1. The number of ether oxygens (including phenoxy) is 1. The minimum Gasteiger partial charge on any atom is -0.487 e. The zero-order valence-corrected chi connectivity index (χ0v) is 23.9. The first-order valence-corrected chi connectivity index (χ1v) is 13.5. The Morgan fingerprint density at radius 1 is 1.11 bits per heavy atom. The summed E-state index contributed by atoms with van der Waals surface area (Å²) in [5.41, 5.74) is 1.98. The number of hydrogen-bond donors (Lipinski definition) is 1. The van der Waals surface area contributed by atoms with Crippen LogP contribution in [-0.4, -0.2) is 21.9 Å². The van der Waals surface area contributed by atoms with E-state index in [0.717, 1.165) is 30.0 Å². The third kappa shape index (κ3) is 6.63. The maximum absolute atomic E-state index is 12.4. The van der Waals surface area contributed by atoms with E-state index in [2.05, 4.69) is 55.5 Å². The van der Waals surface area contributed by atoms with Crippen LogP contribution in [0, 0.1) is 17.3 Å². The number of carbonyl (C=O) groups is 2. The number of carbonyl (C=O) groups excluding carboxylic acids is 2. The van der Waals surface area contributed by atoms with E-state index < -0.39 is 10.8 Å². The fraction of sp³-hybridized carbons (Fsp3) is 0.0417. The molecule has 1 aliphatic heterocycles. The Labute approximate surface area is 242 Å². The van der Waals surface area contributed by atoms with Gasteiger partial charge in [-0.05, 0) is 123 Å². The van der Waals surface area contributed by atoms with Crippen LogP contribution in [-0.2, 0) is 11.4 Å². The highest BCUT2D eigenvalue weighted by Crippen LogP contribution is 2.33. The van der Waals surface area contributed by atoms with E-state index in [1.165, 1.54) is 12.1 Å². The molecule has 0 saturated carbocycles. The Hall–Kier alpha value is -2.49. The van der Waals surface area contributed by atoms with E-state index in [4.69, 9.17) is 16.3 Å². The van der Waals surface area contributed by atoms with Crippen molar-refractivity contribution in [2.24, 2.45) is 4.99 Å². The molecule has 1 fully saturated rings. The molecule has 2 amide bonds. The summed E-state index contributed by atoms with van der Waals surface area (Å²) >= 11 is 11.2. The summed E-state index contributed by atoms with van der Waals surface area (Å²) < 4.78 is 7.63. The highest BCUT2D eigenvalue weighted by Gasteiger charge is 2.25. The summed E-state index contributed by atoms with van der Waals surface area (Å²) in [6.07, 6.45) is 1.72. The van der Waals surface area contributed by atoms with Gasteiger partial charge in [0.05, 0.1) is 17.0 Å². The normalized spacial score (nSPS) is 15.2. The van der Waals surface area contributed by atoms with Crippen LogP contribution in [0.25, 0.3) is 6.08 Å². The summed E-state index contributed by atoms with van der Waals surface area (Å²) in [7, 11) is 0. The number of non-ortho nitro benzene ring substituents is 1. The van der Waals surface area contributed by atoms with Crippen LogP contribution in [0.2, 0.25) is 5.02 Å². The number of nitro benzene ring substituents is 1. The van der Waals surface area contributed by atoms with Gasteiger partial charge in [-0.3, -0.25) is 19.7 Å². The molecule has 3 aromatic rings. The summed E-state index contributed by atoms with van der Waals surface area (Å²) in [6, 6.07) is 16.3. The molecule has 3 aromatic carbocycles. The number of rotatable bonds is 6. The number of halogens is 3. The van der Waals surface area contributed by atoms with Crippen LogP contribution in [0.4, 0.5) is 5.69 Å². The number of thioether (sulfide) groups is 1. The van der Waals surface area contributed by atoms with Crippen LogP contribution in [0.15, 0.2) is 70.6 Å². The van der Waals surface area contributed by atoms with E-state index in [0.29, 0.717) is 21.2 Å². The van der Waals surface area contributed by atoms with Crippen LogP contribution in [0.1, 0.15) is 21.5 Å². The second-order valence-electron chi connectivity index (χ2n) is 7.32. The minimum absolute atomic E-state index is 0.0247. The maximum Gasteiger partial charge on any atom is 0.279 e. The van der Waals surface area contributed by atoms with Crippen molar-refractivity contribution in [3.05, 3.63) is 105 Å². The summed E-state index contributed by atoms with van der Waals surface area (Å²) in [4.78, 5) is 39.6. The first-order valence-electron chi connectivity index (χ1n) is 10.1. The molecule has 36 heavy (non-hydrogen) atoms. The molecule has 1 saturated heterocycles. The number of hydrogen-bond acceptors (Lipinski definition) is 6. The topological polar surface area (TPSA) is 111 Å². The monoisotopic (exact) mass is 745 g/mol. The second kappa shape index (κ2) is 11.7. The molecule has 0 radical (unpaired) electrons. The zero-order valence-electron chi connectivity index (χ0n) is 18.0. The Morgan fingerprint density at radius 3 is 2.36 bits per heavy atom. The van der Waals surface area contributed by atoms with Crippen molar-refractivity contribution in [2.45, 2.75) is 6.61 Å². The molecule has 182 valence electrons. The summed E-state index contributed by atoms with van der Waals surface area (Å²) in [6.45, 7) is 0.254. The lowest BCUT2D eigenvalue weighted by atomic mass is 10.2. The van der Waals surface area contributed by atoms with Gasteiger partial charge in [-0.25, -0.2) is 0 Å². The number of nitrogens with zero attached hydrogens (tertiary/aromatic N) is 2. The molecule has 0 aliphatic carbocycles. The molecule has 0 spiro atoms. The Morgan fingerprint density at radius 2 is 1.75 bits per heavy atom. The highest BCUT2D eigenvalue weighted by atomic mass is 127. The van der Waals surface area contributed by atoms with Crippen molar-refractivity contribution in [1.29, 1.82) is 0 Å². The summed E-state index contributed by atoms with van der Waals surface area (Å²) in [5, 5.41) is 14.1. The lowest BCUT2D eigenvalue weighted by molar-refractivity contribution is -0.384. The van der Waals surface area contributed by atoms with Gasteiger partial charge in [-0.2, -0.15) is 4.99 Å². The van der Waals surface area contributed by atoms with Gasteiger partial charge in [0.2, 0.25) is 0 Å². The molecule has 0 aromatic heterocycles. The van der Waals surface area contributed by atoms with Gasteiger partial charge in [0.15, 0.2) is 5.17 Å². The van der Waals surface area contributed by atoms with Gasteiger partial charge >= 0.3 is 0 Å². The van der Waals surface area contributed by atoms with Gasteiger partial charge < -0.3 is 10.1 Å². The Bertz CT molecular complexity index is 1400. The third-order valence-electron chi connectivity index (χ3n) is 4.79. The largest absolute Gasteiger partial charge is 0.487 e. The Balaban J connectivity index is 1.46. The van der Waals surface area contributed by atoms with Crippen LogP contribution in [0.3, 0.4) is 0 Å². The van der Waals surface area contributed by atoms with Crippen molar-refractivity contribution < 1.29 is 19.2 Å². The Kier molecular flexibility index (Phi) is 8.64. The highest BCUT2D eigenvalue weighted by molar-refractivity contribution is 14.1. The number of benzene rings is 3. The number of amides is 2. The maximum atomic E-state index is 12.4. The van der Waals surface area contributed by atoms with Crippen molar-refractivity contribution in [2.75, 3.05) is 0 Å². The molecule has 12 heteroatoms. The summed E-state index contributed by atoms with van der Waals surface area (Å²) in [5.74, 6) is -0.142.